The highest BCUT2D eigenvalue weighted by atomic mass is 79.9. The van der Waals surface area contributed by atoms with E-state index in [-0.39, 0.29) is 5.75 Å². The molecule has 0 spiro atoms. The topological polar surface area (TPSA) is 22.1 Å². The molecule has 0 N–H and O–H groups in total. The van der Waals surface area contributed by atoms with E-state index >= 15 is 0 Å². The fourth-order valence-corrected chi connectivity index (χ4v) is 1.78. The zero-order valence-electron chi connectivity index (χ0n) is 7.95. The van der Waals surface area contributed by atoms with Gasteiger partial charge in [0.25, 0.3) is 0 Å². The van der Waals surface area contributed by atoms with Crippen LogP contribution in [0.25, 0.3) is 0 Å². The summed E-state index contributed by atoms with van der Waals surface area (Å²) in [5.41, 5.74) is 0. The molecule has 2 rings (SSSR count). The zero-order valence-corrected chi connectivity index (χ0v) is 11.1. The van der Waals surface area contributed by atoms with Crippen molar-refractivity contribution in [3.05, 3.63) is 51.3 Å². The third kappa shape index (κ3) is 2.80. The minimum Gasteiger partial charge on any atom is -0.436 e. The van der Waals surface area contributed by atoms with Gasteiger partial charge in [0.2, 0.25) is 5.88 Å². The Labute approximate surface area is 109 Å². The van der Waals surface area contributed by atoms with E-state index in [1.807, 2.05) is 0 Å². The lowest BCUT2D eigenvalue weighted by Crippen LogP contribution is -1.90. The van der Waals surface area contributed by atoms with Crippen molar-refractivity contribution in [2.24, 2.45) is 0 Å². The number of rotatable bonds is 2. The van der Waals surface area contributed by atoms with Gasteiger partial charge in [-0.3, -0.25) is 0 Å². The van der Waals surface area contributed by atoms with Gasteiger partial charge in [0.05, 0.1) is 0 Å². The molecule has 0 saturated heterocycles. The van der Waals surface area contributed by atoms with Crippen LogP contribution in [-0.2, 0) is 0 Å². The maximum atomic E-state index is 13.4. The number of ether oxygens (including phenoxy) is 1. The van der Waals surface area contributed by atoms with Gasteiger partial charge in [0, 0.05) is 10.5 Å². The molecule has 0 aliphatic carbocycles. The average Bonchev–Trinajstić information content (AvgIpc) is 2.24. The first-order valence-corrected chi connectivity index (χ1v) is 5.99. The second-order valence-electron chi connectivity index (χ2n) is 2.98. The normalized spacial score (nSPS) is 10.2. The van der Waals surface area contributed by atoms with Crippen molar-refractivity contribution in [2.45, 2.75) is 0 Å². The van der Waals surface area contributed by atoms with Gasteiger partial charge >= 0.3 is 0 Å². The molecular weight excluding hydrogens is 341 g/mol. The molecule has 1 aromatic carbocycles. The van der Waals surface area contributed by atoms with Crippen molar-refractivity contribution in [3.63, 3.8) is 0 Å². The van der Waals surface area contributed by atoms with E-state index in [2.05, 4.69) is 36.8 Å². The van der Waals surface area contributed by atoms with Crippen LogP contribution in [-0.4, -0.2) is 4.98 Å². The number of halogens is 3. The van der Waals surface area contributed by atoms with Crippen LogP contribution in [0.15, 0.2) is 45.5 Å². The van der Waals surface area contributed by atoms with Gasteiger partial charge in [-0.2, -0.15) is 0 Å². The molecule has 0 amide bonds. The molecule has 2 nitrogen and oxygen atoms in total. The van der Waals surface area contributed by atoms with Crippen molar-refractivity contribution in [1.82, 2.24) is 4.98 Å². The lowest BCUT2D eigenvalue weighted by molar-refractivity contribution is 0.426. The Morgan fingerprint density at radius 3 is 2.69 bits per heavy atom. The second kappa shape index (κ2) is 4.93. The molecule has 1 heterocycles. The van der Waals surface area contributed by atoms with E-state index < -0.39 is 5.82 Å². The predicted molar refractivity (Wildman–Crippen MR) is 66.1 cm³/mol. The van der Waals surface area contributed by atoms with Gasteiger partial charge in [-0.15, -0.1) is 0 Å². The number of hydrogen-bond acceptors (Lipinski definition) is 2. The fourth-order valence-electron chi connectivity index (χ4n) is 1.11. The Balaban J connectivity index is 2.30. The Morgan fingerprint density at radius 2 is 1.94 bits per heavy atom. The highest BCUT2D eigenvalue weighted by Crippen LogP contribution is 2.26. The second-order valence-corrected chi connectivity index (χ2v) is 4.70. The zero-order chi connectivity index (χ0) is 11.5. The molecule has 0 saturated carbocycles. The van der Waals surface area contributed by atoms with Gasteiger partial charge in [0.1, 0.15) is 4.60 Å². The molecule has 0 fully saturated rings. The summed E-state index contributed by atoms with van der Waals surface area (Å²) in [6.07, 6.45) is 0. The van der Waals surface area contributed by atoms with Crippen molar-refractivity contribution < 1.29 is 9.13 Å². The van der Waals surface area contributed by atoms with Crippen molar-refractivity contribution >= 4 is 31.9 Å². The Hall–Kier alpha value is -0.940. The number of aromatic nitrogens is 1. The first-order chi connectivity index (χ1) is 7.65. The summed E-state index contributed by atoms with van der Waals surface area (Å²) >= 11 is 6.46. The van der Waals surface area contributed by atoms with Gasteiger partial charge in [-0.05, 0) is 40.2 Å². The third-order valence-electron chi connectivity index (χ3n) is 1.80. The largest absolute Gasteiger partial charge is 0.436 e. The summed E-state index contributed by atoms with van der Waals surface area (Å²) in [6.45, 7) is 0. The molecule has 2 aromatic rings. The third-order valence-corrected chi connectivity index (χ3v) is 2.73. The number of nitrogens with zero attached hydrogens (tertiary/aromatic N) is 1. The Kier molecular flexibility index (Phi) is 3.56. The smallest absolute Gasteiger partial charge is 0.220 e. The van der Waals surface area contributed by atoms with Crippen LogP contribution < -0.4 is 4.74 Å². The minimum absolute atomic E-state index is 0.139. The van der Waals surface area contributed by atoms with E-state index in [1.165, 1.54) is 6.07 Å². The summed E-state index contributed by atoms with van der Waals surface area (Å²) in [6, 6.07) is 9.68. The van der Waals surface area contributed by atoms with Gasteiger partial charge in [-0.1, -0.05) is 22.0 Å². The number of pyridine rings is 1. The van der Waals surface area contributed by atoms with E-state index in [9.17, 15) is 4.39 Å². The standard InChI is InChI=1S/C11H6Br2FNO/c12-7-4-5-8(14)9(6-7)16-11-3-1-2-10(13)15-11/h1-6H. The fraction of sp³-hybridized carbons (Fsp3) is 0. The molecule has 0 atom stereocenters. The van der Waals surface area contributed by atoms with E-state index in [1.54, 1.807) is 30.3 Å². The first kappa shape index (κ1) is 11.5. The van der Waals surface area contributed by atoms with Gasteiger partial charge < -0.3 is 4.74 Å². The predicted octanol–water partition coefficient (Wildman–Crippen LogP) is 4.54. The van der Waals surface area contributed by atoms with E-state index in [4.69, 9.17) is 4.74 Å². The van der Waals surface area contributed by atoms with Crippen LogP contribution in [0.3, 0.4) is 0 Å². The highest BCUT2D eigenvalue weighted by Gasteiger charge is 2.06. The van der Waals surface area contributed by atoms with Crippen molar-refractivity contribution in [3.8, 4) is 11.6 Å². The molecule has 1 aromatic heterocycles. The molecule has 16 heavy (non-hydrogen) atoms. The quantitative estimate of drug-likeness (QED) is 0.745. The first-order valence-electron chi connectivity index (χ1n) is 4.40. The molecule has 0 aliphatic heterocycles. The van der Waals surface area contributed by atoms with Crippen molar-refractivity contribution in [2.75, 3.05) is 0 Å². The maximum absolute atomic E-state index is 13.4. The minimum atomic E-state index is -0.426. The Bertz CT molecular complexity index is 519. The average molecular weight is 347 g/mol. The Morgan fingerprint density at radius 1 is 1.12 bits per heavy atom. The lowest BCUT2D eigenvalue weighted by atomic mass is 10.3. The molecule has 0 unspecified atom stereocenters. The highest BCUT2D eigenvalue weighted by molar-refractivity contribution is 9.10. The summed E-state index contributed by atoms with van der Waals surface area (Å²) < 4.78 is 20.1. The molecule has 0 radical (unpaired) electrons. The SMILES string of the molecule is Fc1ccc(Br)cc1Oc1cccc(Br)n1. The molecule has 82 valence electrons. The van der Waals surface area contributed by atoms with Gasteiger partial charge in [-0.25, -0.2) is 9.37 Å². The van der Waals surface area contributed by atoms with Crippen molar-refractivity contribution in [1.29, 1.82) is 0 Å². The molecule has 5 heteroatoms. The number of benzene rings is 1. The van der Waals surface area contributed by atoms with Crippen LogP contribution in [0.5, 0.6) is 11.6 Å². The monoisotopic (exact) mass is 345 g/mol. The molecule has 0 aliphatic rings. The van der Waals surface area contributed by atoms with E-state index in [0.29, 0.717) is 10.5 Å². The summed E-state index contributed by atoms with van der Waals surface area (Å²) in [7, 11) is 0. The van der Waals surface area contributed by atoms with Crippen LogP contribution in [0.2, 0.25) is 0 Å². The van der Waals surface area contributed by atoms with Crippen LogP contribution >= 0.6 is 31.9 Å². The summed E-state index contributed by atoms with van der Waals surface area (Å²) in [5, 5.41) is 0. The van der Waals surface area contributed by atoms with Crippen LogP contribution in [0, 0.1) is 5.82 Å². The maximum Gasteiger partial charge on any atom is 0.220 e. The van der Waals surface area contributed by atoms with Crippen LogP contribution in [0.4, 0.5) is 4.39 Å². The molecule has 0 bridgehead atoms. The summed E-state index contributed by atoms with van der Waals surface area (Å²) in [4.78, 5) is 4.05. The summed E-state index contributed by atoms with van der Waals surface area (Å²) in [5.74, 6) is 0.0522. The van der Waals surface area contributed by atoms with Crippen LogP contribution in [0.1, 0.15) is 0 Å². The lowest BCUT2D eigenvalue weighted by Gasteiger charge is -2.06. The van der Waals surface area contributed by atoms with E-state index in [0.717, 1.165) is 4.47 Å². The number of hydrogen-bond donors (Lipinski definition) is 0. The molecular formula is C11H6Br2FNO. The van der Waals surface area contributed by atoms with Gasteiger partial charge in [0.15, 0.2) is 11.6 Å².